The van der Waals surface area contributed by atoms with E-state index in [1.165, 1.54) is 0 Å². The van der Waals surface area contributed by atoms with Gasteiger partial charge < -0.3 is 0 Å². The number of rotatable bonds is 2. The first-order valence-electron chi connectivity index (χ1n) is 4.78. The van der Waals surface area contributed by atoms with Gasteiger partial charge >= 0.3 is 0 Å². The first kappa shape index (κ1) is 9.60. The Kier molecular flexibility index (Phi) is 2.51. The molecular formula is C10H13N3S. The second-order valence-electron chi connectivity index (χ2n) is 3.95. The highest BCUT2D eigenvalue weighted by molar-refractivity contribution is 7.98. The molecule has 0 bridgehead atoms. The number of hydrogen-bond acceptors (Lipinski definition) is 3. The van der Waals surface area contributed by atoms with Crippen LogP contribution in [0.2, 0.25) is 0 Å². The van der Waals surface area contributed by atoms with Crippen LogP contribution in [0.25, 0.3) is 0 Å². The molecule has 0 spiro atoms. The Balaban J connectivity index is 2.38. The van der Waals surface area contributed by atoms with E-state index < -0.39 is 0 Å². The van der Waals surface area contributed by atoms with Crippen molar-refractivity contribution in [2.75, 3.05) is 0 Å². The molecule has 3 nitrogen and oxygen atoms in total. The lowest BCUT2D eigenvalue weighted by Crippen LogP contribution is -2.09. The van der Waals surface area contributed by atoms with Crippen LogP contribution in [0.4, 0.5) is 0 Å². The lowest BCUT2D eigenvalue weighted by Gasteiger charge is -2.06. The third-order valence-electron chi connectivity index (χ3n) is 2.26. The highest BCUT2D eigenvalue weighted by Gasteiger charge is 2.22. The first-order chi connectivity index (χ1) is 6.72. The molecule has 0 saturated heterocycles. The summed E-state index contributed by atoms with van der Waals surface area (Å²) in [5.74, 6) is 2.46. The average Bonchev–Trinajstić information content (AvgIpc) is 2.62. The van der Waals surface area contributed by atoms with Gasteiger partial charge in [0.15, 0.2) is 0 Å². The van der Waals surface area contributed by atoms with Gasteiger partial charge in [-0.2, -0.15) is 22.1 Å². The van der Waals surface area contributed by atoms with E-state index in [2.05, 4.69) is 25.0 Å². The molecule has 74 valence electrons. The zero-order chi connectivity index (χ0) is 10.1. The standard InChI is InChI=1S/C10H13N3S/c1-7(2)4-13-10(3-11)8-5-14-6-9(8)12-13/h7H,4-6H2,1-2H3. The molecule has 0 amide bonds. The zero-order valence-corrected chi connectivity index (χ0v) is 9.27. The fourth-order valence-corrected chi connectivity index (χ4v) is 2.70. The van der Waals surface area contributed by atoms with Gasteiger partial charge in [-0.3, -0.25) is 4.68 Å². The monoisotopic (exact) mass is 207 g/mol. The van der Waals surface area contributed by atoms with Crippen molar-refractivity contribution < 1.29 is 0 Å². The third-order valence-corrected chi connectivity index (χ3v) is 3.23. The molecule has 0 N–H and O–H groups in total. The van der Waals surface area contributed by atoms with Gasteiger partial charge in [0.05, 0.1) is 5.69 Å². The molecule has 4 heteroatoms. The third kappa shape index (κ3) is 1.53. The van der Waals surface area contributed by atoms with Gasteiger partial charge in [0, 0.05) is 23.6 Å². The van der Waals surface area contributed by atoms with Crippen LogP contribution in [0, 0.1) is 17.2 Å². The lowest BCUT2D eigenvalue weighted by molar-refractivity contribution is 0.477. The predicted octanol–water partition coefficient (Wildman–Crippen LogP) is 2.16. The molecule has 0 aromatic carbocycles. The smallest absolute Gasteiger partial charge is 0.142 e. The van der Waals surface area contributed by atoms with Crippen LogP contribution < -0.4 is 0 Å². The summed E-state index contributed by atoms with van der Waals surface area (Å²) in [5.41, 5.74) is 3.06. The number of nitrogens with zero attached hydrogens (tertiary/aromatic N) is 3. The normalized spacial score (nSPS) is 14.4. The minimum absolute atomic E-state index is 0.537. The Morgan fingerprint density at radius 3 is 3.00 bits per heavy atom. The second kappa shape index (κ2) is 3.66. The molecule has 14 heavy (non-hydrogen) atoms. The van der Waals surface area contributed by atoms with Gasteiger partial charge in [-0.25, -0.2) is 0 Å². The Hall–Kier alpha value is -0.950. The Bertz CT molecular complexity index is 387. The molecule has 1 aromatic heterocycles. The number of nitriles is 1. The number of hydrogen-bond donors (Lipinski definition) is 0. The molecule has 0 radical (unpaired) electrons. The van der Waals surface area contributed by atoms with Crippen molar-refractivity contribution in [2.45, 2.75) is 31.9 Å². The molecule has 2 heterocycles. The largest absolute Gasteiger partial charge is 0.254 e. The molecule has 0 fully saturated rings. The van der Waals surface area contributed by atoms with Gasteiger partial charge in [-0.1, -0.05) is 13.8 Å². The van der Waals surface area contributed by atoms with E-state index in [1.807, 2.05) is 16.4 Å². The fraction of sp³-hybridized carbons (Fsp3) is 0.600. The van der Waals surface area contributed by atoms with Crippen molar-refractivity contribution >= 4 is 11.8 Å². The maximum atomic E-state index is 9.06. The van der Waals surface area contributed by atoms with E-state index in [0.717, 1.165) is 35.0 Å². The van der Waals surface area contributed by atoms with E-state index in [-0.39, 0.29) is 0 Å². The molecule has 0 atom stereocenters. The van der Waals surface area contributed by atoms with Gasteiger partial charge in [-0.05, 0) is 5.92 Å². The summed E-state index contributed by atoms with van der Waals surface area (Å²) in [6.07, 6.45) is 0. The van der Waals surface area contributed by atoms with Gasteiger partial charge in [0.2, 0.25) is 0 Å². The molecule has 0 aliphatic carbocycles. The minimum Gasteiger partial charge on any atom is -0.254 e. The molecule has 0 unspecified atom stereocenters. The van der Waals surface area contributed by atoms with E-state index in [4.69, 9.17) is 5.26 Å². The van der Waals surface area contributed by atoms with Gasteiger partial charge in [-0.15, -0.1) is 0 Å². The summed E-state index contributed by atoms with van der Waals surface area (Å²) >= 11 is 1.84. The van der Waals surface area contributed by atoms with Crippen molar-refractivity contribution in [1.82, 2.24) is 9.78 Å². The molecule has 1 aromatic rings. The van der Waals surface area contributed by atoms with E-state index in [9.17, 15) is 0 Å². The van der Waals surface area contributed by atoms with Crippen LogP contribution in [0.3, 0.4) is 0 Å². The van der Waals surface area contributed by atoms with Crippen molar-refractivity contribution in [3.8, 4) is 6.07 Å². The number of fused-ring (bicyclic) bond motifs is 1. The summed E-state index contributed by atoms with van der Waals surface area (Å²) in [6.45, 7) is 5.13. The van der Waals surface area contributed by atoms with Crippen LogP contribution in [0.1, 0.15) is 30.8 Å². The minimum atomic E-state index is 0.537. The highest BCUT2D eigenvalue weighted by Crippen LogP contribution is 2.31. The zero-order valence-electron chi connectivity index (χ0n) is 8.45. The molecule has 1 aliphatic heterocycles. The van der Waals surface area contributed by atoms with Crippen LogP contribution in [-0.4, -0.2) is 9.78 Å². The van der Waals surface area contributed by atoms with E-state index in [0.29, 0.717) is 5.92 Å². The number of thioether (sulfide) groups is 1. The Morgan fingerprint density at radius 2 is 2.36 bits per heavy atom. The van der Waals surface area contributed by atoms with Crippen LogP contribution in [-0.2, 0) is 18.1 Å². The lowest BCUT2D eigenvalue weighted by atomic mass is 10.2. The maximum absolute atomic E-state index is 9.06. The quantitative estimate of drug-likeness (QED) is 0.746. The van der Waals surface area contributed by atoms with Crippen molar-refractivity contribution in [3.05, 3.63) is 17.0 Å². The Morgan fingerprint density at radius 1 is 1.57 bits per heavy atom. The first-order valence-corrected chi connectivity index (χ1v) is 5.94. The van der Waals surface area contributed by atoms with Crippen molar-refractivity contribution in [2.24, 2.45) is 5.92 Å². The molecular weight excluding hydrogens is 194 g/mol. The van der Waals surface area contributed by atoms with Gasteiger partial charge in [0.25, 0.3) is 0 Å². The van der Waals surface area contributed by atoms with Crippen LogP contribution in [0.5, 0.6) is 0 Å². The van der Waals surface area contributed by atoms with E-state index in [1.54, 1.807) is 0 Å². The number of aromatic nitrogens is 2. The molecule has 0 saturated carbocycles. The maximum Gasteiger partial charge on any atom is 0.142 e. The highest BCUT2D eigenvalue weighted by atomic mass is 32.2. The average molecular weight is 207 g/mol. The predicted molar refractivity (Wildman–Crippen MR) is 56.8 cm³/mol. The SMILES string of the molecule is CC(C)Cn1nc2c(c1C#N)CSC2. The second-order valence-corrected chi connectivity index (χ2v) is 4.94. The summed E-state index contributed by atoms with van der Waals surface area (Å²) in [6, 6.07) is 2.27. The van der Waals surface area contributed by atoms with Gasteiger partial charge in [0.1, 0.15) is 11.8 Å². The molecule has 2 rings (SSSR count). The van der Waals surface area contributed by atoms with Crippen LogP contribution >= 0.6 is 11.8 Å². The Labute approximate surface area is 88.1 Å². The molecule has 1 aliphatic rings. The van der Waals surface area contributed by atoms with Crippen LogP contribution in [0.15, 0.2) is 0 Å². The topological polar surface area (TPSA) is 41.6 Å². The van der Waals surface area contributed by atoms with Crippen molar-refractivity contribution in [3.63, 3.8) is 0 Å². The van der Waals surface area contributed by atoms with Crippen molar-refractivity contribution in [1.29, 1.82) is 5.26 Å². The summed E-state index contributed by atoms with van der Waals surface area (Å²) in [7, 11) is 0. The summed E-state index contributed by atoms with van der Waals surface area (Å²) < 4.78 is 1.87. The summed E-state index contributed by atoms with van der Waals surface area (Å²) in [5, 5.41) is 13.5. The van der Waals surface area contributed by atoms with E-state index >= 15 is 0 Å². The summed E-state index contributed by atoms with van der Waals surface area (Å²) in [4.78, 5) is 0. The fourth-order valence-electron chi connectivity index (χ4n) is 1.67.